The molecule has 2 aromatic rings. The van der Waals surface area contributed by atoms with Crippen molar-refractivity contribution in [1.29, 1.82) is 0 Å². The summed E-state index contributed by atoms with van der Waals surface area (Å²) in [6.45, 7) is 0.552. The summed E-state index contributed by atoms with van der Waals surface area (Å²) in [5.74, 6) is 0. The third-order valence-electron chi connectivity index (χ3n) is 2.58. The number of nitrogens with one attached hydrogen (secondary N) is 1. The highest BCUT2D eigenvalue weighted by atomic mass is 32.2. The van der Waals surface area contributed by atoms with Crippen LogP contribution in [0.1, 0.15) is 5.56 Å². The molecule has 0 aliphatic heterocycles. The summed E-state index contributed by atoms with van der Waals surface area (Å²) in [6.07, 6.45) is 3.83. The fourth-order valence-corrected chi connectivity index (χ4v) is 2.40. The van der Waals surface area contributed by atoms with Gasteiger partial charge in [0.25, 0.3) is 0 Å². The Morgan fingerprint density at radius 1 is 1.38 bits per heavy atom. The largest absolute Gasteiger partial charge is 0.361 e. The molecule has 0 saturated carbocycles. The van der Waals surface area contributed by atoms with Crippen molar-refractivity contribution in [2.45, 2.75) is 11.3 Å². The molecule has 0 saturated heterocycles. The van der Waals surface area contributed by atoms with Crippen molar-refractivity contribution in [3.8, 4) is 0 Å². The molecule has 86 valence electrons. The molecule has 2 rings (SSSR count). The molecule has 0 fully saturated rings. The Balaban J connectivity index is 2.63. The highest BCUT2D eigenvalue weighted by molar-refractivity contribution is 7.90. The number of hydrogen-bond acceptors (Lipinski definition) is 3. The lowest BCUT2D eigenvalue weighted by Gasteiger charge is -2.00. The molecular weight excluding hydrogens is 224 g/mol. The van der Waals surface area contributed by atoms with Crippen LogP contribution in [0.5, 0.6) is 0 Å². The lowest BCUT2D eigenvalue weighted by atomic mass is 10.1. The molecule has 0 spiro atoms. The van der Waals surface area contributed by atoms with Crippen LogP contribution in [0.15, 0.2) is 29.3 Å². The maximum absolute atomic E-state index is 11.4. The fourth-order valence-electron chi connectivity index (χ4n) is 1.75. The van der Waals surface area contributed by atoms with E-state index in [4.69, 9.17) is 5.73 Å². The van der Waals surface area contributed by atoms with Gasteiger partial charge in [0, 0.05) is 23.4 Å². The molecule has 3 N–H and O–H groups in total. The van der Waals surface area contributed by atoms with Gasteiger partial charge in [-0.15, -0.1) is 0 Å². The van der Waals surface area contributed by atoms with Crippen molar-refractivity contribution >= 4 is 20.7 Å². The highest BCUT2D eigenvalue weighted by Gasteiger charge is 2.10. The summed E-state index contributed by atoms with van der Waals surface area (Å²) in [5.41, 5.74) is 7.50. The second-order valence-corrected chi connectivity index (χ2v) is 5.85. The van der Waals surface area contributed by atoms with Crippen LogP contribution < -0.4 is 5.73 Å². The van der Waals surface area contributed by atoms with Crippen molar-refractivity contribution in [3.05, 3.63) is 30.0 Å². The van der Waals surface area contributed by atoms with Crippen LogP contribution in [0.3, 0.4) is 0 Å². The predicted molar refractivity (Wildman–Crippen MR) is 64.2 cm³/mol. The van der Waals surface area contributed by atoms with Gasteiger partial charge in [-0.3, -0.25) is 0 Å². The Labute approximate surface area is 94.4 Å². The lowest BCUT2D eigenvalue weighted by molar-refractivity contribution is 0.602. The van der Waals surface area contributed by atoms with Crippen LogP contribution in [-0.4, -0.2) is 26.2 Å². The zero-order chi connectivity index (χ0) is 11.8. The minimum atomic E-state index is -3.15. The second kappa shape index (κ2) is 3.92. The van der Waals surface area contributed by atoms with Gasteiger partial charge < -0.3 is 10.7 Å². The van der Waals surface area contributed by atoms with E-state index < -0.39 is 9.84 Å². The van der Waals surface area contributed by atoms with Gasteiger partial charge >= 0.3 is 0 Å². The number of rotatable bonds is 3. The van der Waals surface area contributed by atoms with Crippen LogP contribution in [-0.2, 0) is 16.3 Å². The van der Waals surface area contributed by atoms with Crippen molar-refractivity contribution < 1.29 is 8.42 Å². The lowest BCUT2D eigenvalue weighted by Crippen LogP contribution is -2.02. The number of benzene rings is 1. The van der Waals surface area contributed by atoms with E-state index in [1.54, 1.807) is 18.2 Å². The third-order valence-corrected chi connectivity index (χ3v) is 3.69. The summed E-state index contributed by atoms with van der Waals surface area (Å²) >= 11 is 0. The summed E-state index contributed by atoms with van der Waals surface area (Å²) in [4.78, 5) is 3.45. The number of H-pyrrole nitrogens is 1. The molecule has 0 amide bonds. The first-order valence-electron chi connectivity index (χ1n) is 5.02. The zero-order valence-electron chi connectivity index (χ0n) is 9.03. The molecule has 16 heavy (non-hydrogen) atoms. The number of aromatic amines is 1. The normalized spacial score (nSPS) is 12.1. The quantitative estimate of drug-likeness (QED) is 0.840. The maximum atomic E-state index is 11.4. The Kier molecular flexibility index (Phi) is 2.73. The van der Waals surface area contributed by atoms with E-state index >= 15 is 0 Å². The average Bonchev–Trinajstić information content (AvgIpc) is 2.60. The first-order valence-corrected chi connectivity index (χ1v) is 6.91. The molecule has 4 nitrogen and oxygen atoms in total. The number of hydrogen-bond donors (Lipinski definition) is 2. The summed E-state index contributed by atoms with van der Waals surface area (Å²) in [5, 5.41) is 0.938. The molecule has 1 heterocycles. The van der Waals surface area contributed by atoms with E-state index in [9.17, 15) is 8.42 Å². The van der Waals surface area contributed by atoms with Gasteiger partial charge in [-0.25, -0.2) is 8.42 Å². The molecule has 0 atom stereocenters. The Morgan fingerprint density at radius 2 is 2.12 bits per heavy atom. The van der Waals surface area contributed by atoms with Gasteiger partial charge in [0.2, 0.25) is 0 Å². The molecule has 0 radical (unpaired) electrons. The molecule has 0 bridgehead atoms. The van der Waals surface area contributed by atoms with Crippen LogP contribution in [0.25, 0.3) is 10.9 Å². The molecular formula is C11H14N2O2S. The smallest absolute Gasteiger partial charge is 0.175 e. The number of sulfone groups is 1. The molecule has 0 unspecified atom stereocenters. The SMILES string of the molecule is CS(=O)(=O)c1ccc2[nH]cc(CCN)c2c1. The third kappa shape index (κ3) is 1.96. The molecule has 0 aliphatic rings. The van der Waals surface area contributed by atoms with Gasteiger partial charge in [0.05, 0.1) is 4.90 Å². The second-order valence-electron chi connectivity index (χ2n) is 3.83. The Hall–Kier alpha value is -1.33. The van der Waals surface area contributed by atoms with Gasteiger partial charge in [0.1, 0.15) is 0 Å². The predicted octanol–water partition coefficient (Wildman–Crippen LogP) is 1.07. The summed E-state index contributed by atoms with van der Waals surface area (Å²) < 4.78 is 22.9. The highest BCUT2D eigenvalue weighted by Crippen LogP contribution is 2.22. The zero-order valence-corrected chi connectivity index (χ0v) is 9.84. The van der Waals surface area contributed by atoms with Gasteiger partial charge in [-0.2, -0.15) is 0 Å². The summed E-state index contributed by atoms with van der Waals surface area (Å²) in [7, 11) is -3.15. The van der Waals surface area contributed by atoms with E-state index in [1.165, 1.54) is 6.26 Å². The Morgan fingerprint density at radius 3 is 2.75 bits per heavy atom. The van der Waals surface area contributed by atoms with E-state index in [-0.39, 0.29) is 0 Å². The number of nitrogens with two attached hydrogens (primary N) is 1. The van der Waals surface area contributed by atoms with E-state index in [1.807, 2.05) is 6.20 Å². The monoisotopic (exact) mass is 238 g/mol. The molecule has 0 aliphatic carbocycles. The van der Waals surface area contributed by atoms with Crippen molar-refractivity contribution in [3.63, 3.8) is 0 Å². The van der Waals surface area contributed by atoms with Crippen LogP contribution in [0, 0.1) is 0 Å². The first-order chi connectivity index (χ1) is 7.52. The topological polar surface area (TPSA) is 76.0 Å². The average molecular weight is 238 g/mol. The van der Waals surface area contributed by atoms with Gasteiger partial charge in [-0.1, -0.05) is 0 Å². The summed E-state index contributed by atoms with van der Waals surface area (Å²) in [6, 6.07) is 5.10. The first kappa shape index (κ1) is 11.2. The van der Waals surface area contributed by atoms with E-state index in [0.717, 1.165) is 22.9 Å². The minimum absolute atomic E-state index is 0.345. The van der Waals surface area contributed by atoms with E-state index in [0.29, 0.717) is 11.4 Å². The van der Waals surface area contributed by atoms with Crippen LogP contribution >= 0.6 is 0 Å². The van der Waals surface area contributed by atoms with E-state index in [2.05, 4.69) is 4.98 Å². The minimum Gasteiger partial charge on any atom is -0.361 e. The Bertz CT molecular complexity index is 614. The van der Waals surface area contributed by atoms with Crippen molar-refractivity contribution in [2.24, 2.45) is 5.73 Å². The van der Waals surface area contributed by atoms with Crippen LogP contribution in [0.4, 0.5) is 0 Å². The van der Waals surface area contributed by atoms with Gasteiger partial charge in [0.15, 0.2) is 9.84 Å². The maximum Gasteiger partial charge on any atom is 0.175 e. The number of fused-ring (bicyclic) bond motifs is 1. The number of aromatic nitrogens is 1. The fraction of sp³-hybridized carbons (Fsp3) is 0.273. The molecule has 1 aromatic heterocycles. The van der Waals surface area contributed by atoms with Gasteiger partial charge in [-0.05, 0) is 36.7 Å². The molecule has 1 aromatic carbocycles. The van der Waals surface area contributed by atoms with Crippen LogP contribution in [0.2, 0.25) is 0 Å². The standard InChI is InChI=1S/C11H14N2O2S/c1-16(14,15)9-2-3-11-10(6-9)8(4-5-12)7-13-11/h2-3,6-7,13H,4-5,12H2,1H3. The van der Waals surface area contributed by atoms with Crippen molar-refractivity contribution in [2.75, 3.05) is 12.8 Å². The van der Waals surface area contributed by atoms with Crippen molar-refractivity contribution in [1.82, 2.24) is 4.98 Å². The molecule has 5 heteroatoms.